The van der Waals surface area contributed by atoms with E-state index in [1.165, 1.54) is 18.3 Å². The summed E-state index contributed by atoms with van der Waals surface area (Å²) >= 11 is 0. The monoisotopic (exact) mass is 528 g/mol. The van der Waals surface area contributed by atoms with Gasteiger partial charge in [0.15, 0.2) is 5.82 Å². The number of ether oxygens (including phenoxy) is 3. The van der Waals surface area contributed by atoms with Gasteiger partial charge in [0.1, 0.15) is 11.6 Å². The van der Waals surface area contributed by atoms with Gasteiger partial charge in [-0.1, -0.05) is 25.1 Å². The zero-order chi connectivity index (χ0) is 27.2. The number of carbonyl (C=O) groups is 1. The van der Waals surface area contributed by atoms with Crippen molar-refractivity contribution in [1.82, 2.24) is 25.3 Å². The summed E-state index contributed by atoms with van der Waals surface area (Å²) in [4.78, 5) is 30.0. The van der Waals surface area contributed by atoms with E-state index in [1.54, 1.807) is 30.3 Å². The molecule has 0 radical (unpaired) electrons. The lowest BCUT2D eigenvalue weighted by Gasteiger charge is -2.36. The average Bonchev–Trinajstić information content (AvgIpc) is 3.41. The lowest BCUT2D eigenvalue weighted by Crippen LogP contribution is -2.53. The Morgan fingerprint density at radius 1 is 1.15 bits per heavy atom. The minimum absolute atomic E-state index is 0.0515. The van der Waals surface area contributed by atoms with Crippen LogP contribution in [0.25, 0.3) is 22.6 Å². The number of H-pyrrole nitrogens is 1. The van der Waals surface area contributed by atoms with Crippen molar-refractivity contribution >= 4 is 5.91 Å². The summed E-state index contributed by atoms with van der Waals surface area (Å²) in [6, 6.07) is 18.6. The summed E-state index contributed by atoms with van der Waals surface area (Å²) in [6.07, 6.45) is 1.66. The molecule has 3 heterocycles. The zero-order valence-corrected chi connectivity index (χ0v) is 21.1. The first-order valence-electron chi connectivity index (χ1n) is 12.3. The lowest BCUT2D eigenvalue weighted by atomic mass is 10.1. The number of halogens is 1. The fourth-order valence-electron chi connectivity index (χ4n) is 3.99. The second-order valence-corrected chi connectivity index (χ2v) is 8.96. The largest absolute Gasteiger partial charge is 0.424 e. The number of hydrogen-bond donors (Lipinski definition) is 2. The number of amides is 1. The minimum Gasteiger partial charge on any atom is -0.424 e. The van der Waals surface area contributed by atoms with Crippen LogP contribution in [0.3, 0.4) is 0 Å². The van der Waals surface area contributed by atoms with Gasteiger partial charge in [-0.05, 0) is 42.5 Å². The first-order chi connectivity index (χ1) is 19.0. The van der Waals surface area contributed by atoms with E-state index in [4.69, 9.17) is 24.5 Å². The van der Waals surface area contributed by atoms with Gasteiger partial charge >= 0.3 is 11.8 Å². The van der Waals surface area contributed by atoms with Crippen molar-refractivity contribution in [2.45, 2.75) is 19.1 Å². The summed E-state index contributed by atoms with van der Waals surface area (Å²) in [5.74, 6) is -2.18. The number of carbonyl (C=O) groups excluding carboxylic acids is 1. The summed E-state index contributed by atoms with van der Waals surface area (Å²) in [6.45, 7) is 2.54. The molecular weight excluding hydrogens is 503 g/mol. The van der Waals surface area contributed by atoms with E-state index in [0.717, 1.165) is 0 Å². The molecule has 5 rings (SSSR count). The summed E-state index contributed by atoms with van der Waals surface area (Å²) in [5.41, 5.74) is 1.80. The predicted octanol–water partition coefficient (Wildman–Crippen LogP) is 4.33. The van der Waals surface area contributed by atoms with E-state index in [1.807, 2.05) is 31.2 Å². The molecule has 1 aliphatic heterocycles. The summed E-state index contributed by atoms with van der Waals surface area (Å²) < 4.78 is 31.5. The molecule has 0 unspecified atom stereocenters. The molecule has 39 heavy (non-hydrogen) atoms. The molecule has 1 aliphatic rings. The number of nitrogens with zero attached hydrogens (tertiary/aromatic N) is 4. The zero-order valence-electron chi connectivity index (χ0n) is 21.1. The molecule has 198 valence electrons. The Morgan fingerprint density at radius 3 is 2.62 bits per heavy atom. The third-order valence-electron chi connectivity index (χ3n) is 5.94. The van der Waals surface area contributed by atoms with Gasteiger partial charge in [0.05, 0.1) is 42.8 Å². The molecule has 0 saturated carbocycles. The van der Waals surface area contributed by atoms with Gasteiger partial charge in [0, 0.05) is 24.2 Å². The molecule has 11 heteroatoms. The third kappa shape index (κ3) is 5.62. The van der Waals surface area contributed by atoms with Crippen molar-refractivity contribution in [3.63, 3.8) is 0 Å². The number of benzene rings is 2. The van der Waals surface area contributed by atoms with Gasteiger partial charge in [-0.2, -0.15) is 10.2 Å². The topological polar surface area (TPSA) is 135 Å². The van der Waals surface area contributed by atoms with E-state index in [0.29, 0.717) is 28.4 Å². The molecule has 0 atom stereocenters. The number of aromatic nitrogens is 4. The van der Waals surface area contributed by atoms with E-state index in [2.05, 4.69) is 20.3 Å². The fourth-order valence-corrected chi connectivity index (χ4v) is 3.99. The Morgan fingerprint density at radius 2 is 1.90 bits per heavy atom. The molecule has 1 saturated heterocycles. The Hall–Kier alpha value is -4.66. The van der Waals surface area contributed by atoms with Gasteiger partial charge in [-0.3, -0.25) is 4.79 Å². The highest BCUT2D eigenvalue weighted by Gasteiger charge is 2.49. The maximum absolute atomic E-state index is 13.8. The quantitative estimate of drug-likeness (QED) is 0.323. The molecule has 0 aliphatic carbocycles. The second-order valence-electron chi connectivity index (χ2n) is 8.96. The van der Waals surface area contributed by atoms with E-state index < -0.39 is 17.5 Å². The number of nitriles is 1. The number of rotatable bonds is 8. The highest BCUT2D eigenvalue weighted by Crippen LogP contribution is 2.37. The number of aromatic amines is 1. The van der Waals surface area contributed by atoms with Crippen LogP contribution in [-0.2, 0) is 20.1 Å². The molecule has 10 nitrogen and oxygen atoms in total. The molecule has 1 amide bonds. The Balaban J connectivity index is 1.59. The average molecular weight is 529 g/mol. The van der Waals surface area contributed by atoms with Crippen LogP contribution in [0.4, 0.5) is 4.39 Å². The first-order valence-corrected chi connectivity index (χ1v) is 12.3. The van der Waals surface area contributed by atoms with E-state index >= 15 is 0 Å². The molecule has 0 bridgehead atoms. The van der Waals surface area contributed by atoms with E-state index in [9.17, 15) is 9.18 Å². The molecule has 2 aromatic heterocycles. The van der Waals surface area contributed by atoms with Crippen molar-refractivity contribution in [3.05, 3.63) is 78.5 Å². The van der Waals surface area contributed by atoms with Crippen LogP contribution in [0.2, 0.25) is 0 Å². The Kier molecular flexibility index (Phi) is 7.58. The van der Waals surface area contributed by atoms with Gasteiger partial charge < -0.3 is 24.5 Å². The van der Waals surface area contributed by atoms with Gasteiger partial charge in [-0.25, -0.2) is 14.4 Å². The molecule has 1 fully saturated rings. The highest BCUT2D eigenvalue weighted by molar-refractivity contribution is 5.86. The van der Waals surface area contributed by atoms with Crippen LogP contribution in [0.15, 0.2) is 66.9 Å². The molecular formula is C28H25FN6O4. The molecule has 2 N–H and O–H groups in total. The standard InChI is InChI=1S/C28H25FN6O4/c1-18-16-37-28(38-17-18,26(36)31-14-5-13-30)25-34-23(19-8-10-20(29)11-9-19)24(35-25)22-12-15-32-27(33-22)39-21-6-3-2-4-7-21/h2-4,6-12,15,18H,5,14,16-17H2,1H3,(H,31,36)(H,34,35). The van der Waals surface area contributed by atoms with Crippen LogP contribution < -0.4 is 10.1 Å². The van der Waals surface area contributed by atoms with Crippen LogP contribution in [0, 0.1) is 23.1 Å². The maximum Gasteiger partial charge on any atom is 0.322 e. The third-order valence-corrected chi connectivity index (χ3v) is 5.94. The van der Waals surface area contributed by atoms with Gasteiger partial charge in [0.25, 0.3) is 5.91 Å². The first kappa shape index (κ1) is 26.0. The van der Waals surface area contributed by atoms with Crippen molar-refractivity contribution in [2.75, 3.05) is 19.8 Å². The normalized spacial score (nSPS) is 18.7. The SMILES string of the molecule is CC1COC(C(=O)NCCC#N)(c2nc(-c3ccc(F)cc3)c(-c3ccnc(Oc4ccccc4)n3)[nH]2)OC1. The van der Waals surface area contributed by atoms with Crippen molar-refractivity contribution in [2.24, 2.45) is 5.92 Å². The highest BCUT2D eigenvalue weighted by atomic mass is 19.1. The number of nitrogens with one attached hydrogen (secondary N) is 2. The van der Waals surface area contributed by atoms with Crippen LogP contribution in [0.1, 0.15) is 19.2 Å². The molecule has 4 aromatic rings. The Bertz CT molecular complexity index is 1480. The summed E-state index contributed by atoms with van der Waals surface area (Å²) in [7, 11) is 0. The van der Waals surface area contributed by atoms with Crippen molar-refractivity contribution in [3.8, 4) is 40.5 Å². The van der Waals surface area contributed by atoms with Crippen LogP contribution in [0.5, 0.6) is 11.8 Å². The van der Waals surface area contributed by atoms with E-state index in [-0.39, 0.29) is 43.9 Å². The van der Waals surface area contributed by atoms with Crippen LogP contribution >= 0.6 is 0 Å². The fraction of sp³-hybridized carbons (Fsp3) is 0.250. The van der Waals surface area contributed by atoms with Gasteiger partial charge in [0.2, 0.25) is 0 Å². The summed E-state index contributed by atoms with van der Waals surface area (Å²) in [5, 5.41) is 11.6. The number of hydrogen-bond acceptors (Lipinski definition) is 8. The van der Waals surface area contributed by atoms with Crippen molar-refractivity contribution in [1.29, 1.82) is 5.26 Å². The molecule has 0 spiro atoms. The smallest absolute Gasteiger partial charge is 0.322 e. The lowest BCUT2D eigenvalue weighted by molar-refractivity contribution is -0.277. The maximum atomic E-state index is 13.8. The minimum atomic E-state index is -1.88. The number of para-hydroxylation sites is 1. The Labute approximate surface area is 223 Å². The van der Waals surface area contributed by atoms with Gasteiger partial charge in [-0.15, -0.1) is 0 Å². The van der Waals surface area contributed by atoms with Crippen molar-refractivity contribution < 1.29 is 23.4 Å². The molecule has 2 aromatic carbocycles. The second kappa shape index (κ2) is 11.4. The van der Waals surface area contributed by atoms with Crippen LogP contribution in [-0.4, -0.2) is 45.6 Å². The number of imidazole rings is 1. The predicted molar refractivity (Wildman–Crippen MR) is 138 cm³/mol.